The van der Waals surface area contributed by atoms with Crippen LogP contribution in [0.3, 0.4) is 0 Å². The van der Waals surface area contributed by atoms with Gasteiger partial charge in [-0.15, -0.1) is 0 Å². The maximum Gasteiger partial charge on any atom is 0.274 e. The highest BCUT2D eigenvalue weighted by molar-refractivity contribution is 5.95. The minimum atomic E-state index is -0.570. The van der Waals surface area contributed by atoms with E-state index in [9.17, 15) is 14.3 Å². The molecule has 1 aliphatic heterocycles. The predicted octanol–water partition coefficient (Wildman–Crippen LogP) is 2.72. The molecule has 2 aromatic rings. The van der Waals surface area contributed by atoms with Gasteiger partial charge in [-0.3, -0.25) is 4.79 Å². The van der Waals surface area contributed by atoms with Gasteiger partial charge in [0.15, 0.2) is 17.2 Å². The number of amides is 1. The van der Waals surface area contributed by atoms with Crippen LogP contribution in [-0.2, 0) is 11.3 Å². The Morgan fingerprint density at radius 1 is 1.48 bits per heavy atom. The van der Waals surface area contributed by atoms with Crippen molar-refractivity contribution in [2.45, 2.75) is 25.5 Å². The van der Waals surface area contributed by atoms with E-state index in [1.165, 1.54) is 19.2 Å². The van der Waals surface area contributed by atoms with Crippen molar-refractivity contribution >= 4 is 5.91 Å². The summed E-state index contributed by atoms with van der Waals surface area (Å²) in [5, 5.41) is 12.8. The number of aromatic nitrogens is 1. The lowest BCUT2D eigenvalue weighted by molar-refractivity contribution is 0.0935. The Kier molecular flexibility index (Phi) is 5.14. The van der Waals surface area contributed by atoms with Gasteiger partial charge in [0.25, 0.3) is 5.91 Å². The molecule has 0 saturated carbocycles. The van der Waals surface area contributed by atoms with Gasteiger partial charge in [-0.25, -0.2) is 9.37 Å². The Labute approximate surface area is 144 Å². The largest absolute Gasteiger partial charge is 0.503 e. The lowest BCUT2D eigenvalue weighted by Crippen LogP contribution is -2.24. The van der Waals surface area contributed by atoms with Gasteiger partial charge in [-0.1, -0.05) is 12.1 Å². The quantitative estimate of drug-likeness (QED) is 0.870. The fourth-order valence-electron chi connectivity index (χ4n) is 2.74. The zero-order chi connectivity index (χ0) is 17.8. The second kappa shape index (κ2) is 7.48. The molecule has 132 valence electrons. The first-order valence-corrected chi connectivity index (χ1v) is 8.00. The molecule has 1 atom stereocenters. The van der Waals surface area contributed by atoms with E-state index in [-0.39, 0.29) is 35.7 Å². The van der Waals surface area contributed by atoms with Gasteiger partial charge in [0.05, 0.1) is 18.9 Å². The number of aromatic hydroxyl groups is 1. The van der Waals surface area contributed by atoms with Gasteiger partial charge in [0.1, 0.15) is 5.82 Å². The molecule has 3 rings (SSSR count). The summed E-state index contributed by atoms with van der Waals surface area (Å²) in [6.07, 6.45) is 1.49. The second-order valence-electron chi connectivity index (χ2n) is 5.76. The number of rotatable bonds is 5. The fourth-order valence-corrected chi connectivity index (χ4v) is 2.74. The number of nitrogens with zero attached hydrogens (tertiary/aromatic N) is 1. The molecule has 0 radical (unpaired) electrons. The van der Waals surface area contributed by atoms with Crippen molar-refractivity contribution in [2.24, 2.45) is 0 Å². The highest BCUT2D eigenvalue weighted by atomic mass is 19.1. The van der Waals surface area contributed by atoms with E-state index in [2.05, 4.69) is 10.3 Å². The van der Waals surface area contributed by atoms with E-state index in [0.717, 1.165) is 12.8 Å². The highest BCUT2D eigenvalue weighted by Crippen LogP contribution is 2.35. The van der Waals surface area contributed by atoms with Gasteiger partial charge < -0.3 is 19.9 Å². The average molecular weight is 346 g/mol. The van der Waals surface area contributed by atoms with Crippen LogP contribution in [0.2, 0.25) is 0 Å². The number of carbonyl (C=O) groups is 1. The third kappa shape index (κ3) is 3.88. The molecule has 1 aromatic carbocycles. The van der Waals surface area contributed by atoms with E-state index in [1.807, 2.05) is 0 Å². The first-order valence-electron chi connectivity index (χ1n) is 8.00. The average Bonchev–Trinajstić information content (AvgIpc) is 3.14. The van der Waals surface area contributed by atoms with Crippen molar-refractivity contribution in [3.8, 4) is 11.5 Å². The Balaban J connectivity index is 1.81. The number of pyridine rings is 1. The van der Waals surface area contributed by atoms with Crippen LogP contribution >= 0.6 is 0 Å². The summed E-state index contributed by atoms with van der Waals surface area (Å²) in [7, 11) is 1.41. The van der Waals surface area contributed by atoms with Crippen LogP contribution in [0.4, 0.5) is 4.39 Å². The zero-order valence-corrected chi connectivity index (χ0v) is 13.8. The van der Waals surface area contributed by atoms with Crippen LogP contribution in [0.25, 0.3) is 0 Å². The minimum absolute atomic E-state index is 0.115. The van der Waals surface area contributed by atoms with Crippen molar-refractivity contribution in [3.63, 3.8) is 0 Å². The van der Waals surface area contributed by atoms with E-state index in [4.69, 9.17) is 9.47 Å². The van der Waals surface area contributed by atoms with Gasteiger partial charge in [0.2, 0.25) is 0 Å². The highest BCUT2D eigenvalue weighted by Gasteiger charge is 2.25. The minimum Gasteiger partial charge on any atom is -0.503 e. The van der Waals surface area contributed by atoms with Crippen LogP contribution < -0.4 is 10.1 Å². The van der Waals surface area contributed by atoms with Crippen LogP contribution in [0.15, 0.2) is 30.3 Å². The fraction of sp³-hybridized carbons (Fsp3) is 0.333. The molecule has 2 heterocycles. The van der Waals surface area contributed by atoms with Crippen LogP contribution in [-0.4, -0.2) is 29.7 Å². The third-order valence-corrected chi connectivity index (χ3v) is 4.01. The lowest BCUT2D eigenvalue weighted by Gasteiger charge is -2.14. The summed E-state index contributed by atoms with van der Waals surface area (Å²) in [5.74, 6) is -1.12. The van der Waals surface area contributed by atoms with Gasteiger partial charge >= 0.3 is 0 Å². The van der Waals surface area contributed by atoms with Crippen molar-refractivity contribution in [1.29, 1.82) is 0 Å². The molecule has 6 nitrogen and oxygen atoms in total. The first-order chi connectivity index (χ1) is 12.1. The van der Waals surface area contributed by atoms with Crippen molar-refractivity contribution < 1.29 is 23.8 Å². The summed E-state index contributed by atoms with van der Waals surface area (Å²) in [4.78, 5) is 16.7. The summed E-state index contributed by atoms with van der Waals surface area (Å²) in [6.45, 7) is 0.751. The third-order valence-electron chi connectivity index (χ3n) is 4.01. The van der Waals surface area contributed by atoms with Crippen molar-refractivity contribution in [1.82, 2.24) is 10.3 Å². The summed E-state index contributed by atoms with van der Waals surface area (Å²) < 4.78 is 23.9. The molecule has 1 unspecified atom stereocenters. The van der Waals surface area contributed by atoms with Crippen LogP contribution in [0.5, 0.6) is 11.5 Å². The number of ether oxygens (including phenoxy) is 2. The number of benzene rings is 1. The van der Waals surface area contributed by atoms with Crippen LogP contribution in [0.1, 0.15) is 40.7 Å². The zero-order valence-electron chi connectivity index (χ0n) is 13.8. The topological polar surface area (TPSA) is 80.7 Å². The van der Waals surface area contributed by atoms with E-state index in [0.29, 0.717) is 17.9 Å². The van der Waals surface area contributed by atoms with E-state index < -0.39 is 5.91 Å². The maximum atomic E-state index is 13.2. The Morgan fingerprint density at radius 3 is 3.00 bits per heavy atom. The standard InChI is InChI=1S/C18H19FN2O4/c1-24-15-9-13(14-6-3-7-25-14)21-16(17(15)22)18(23)20-10-11-4-2-5-12(19)8-11/h2,4-5,8-9,14,22H,3,6-7,10H2,1H3,(H,20,23). The number of carbonyl (C=O) groups excluding carboxylic acids is 1. The molecule has 1 fully saturated rings. The van der Waals surface area contributed by atoms with Crippen molar-refractivity contribution in [3.05, 3.63) is 53.1 Å². The number of methoxy groups -OCH3 is 1. The molecular formula is C18H19FN2O4. The first kappa shape index (κ1) is 17.2. The number of hydrogen-bond acceptors (Lipinski definition) is 5. The summed E-state index contributed by atoms with van der Waals surface area (Å²) >= 11 is 0. The Hall–Kier alpha value is -2.67. The molecule has 0 spiro atoms. The lowest BCUT2D eigenvalue weighted by atomic mass is 10.1. The number of nitrogens with one attached hydrogen (secondary N) is 1. The molecule has 2 N–H and O–H groups in total. The maximum absolute atomic E-state index is 13.2. The number of hydrogen-bond donors (Lipinski definition) is 2. The second-order valence-corrected chi connectivity index (χ2v) is 5.76. The predicted molar refractivity (Wildman–Crippen MR) is 88.0 cm³/mol. The number of halogens is 1. The smallest absolute Gasteiger partial charge is 0.274 e. The van der Waals surface area contributed by atoms with Gasteiger partial charge in [-0.05, 0) is 30.5 Å². The molecule has 0 bridgehead atoms. The van der Waals surface area contributed by atoms with E-state index in [1.54, 1.807) is 18.2 Å². The van der Waals surface area contributed by atoms with Crippen molar-refractivity contribution in [2.75, 3.05) is 13.7 Å². The van der Waals surface area contributed by atoms with Gasteiger partial charge in [-0.2, -0.15) is 0 Å². The van der Waals surface area contributed by atoms with Gasteiger partial charge in [0, 0.05) is 19.2 Å². The summed E-state index contributed by atoms with van der Waals surface area (Å²) in [6, 6.07) is 7.49. The Bertz CT molecular complexity index is 776. The molecule has 0 aliphatic carbocycles. The van der Waals surface area contributed by atoms with Crippen LogP contribution in [0, 0.1) is 5.82 Å². The Morgan fingerprint density at radius 2 is 2.32 bits per heavy atom. The molecule has 25 heavy (non-hydrogen) atoms. The molecule has 1 saturated heterocycles. The van der Waals surface area contributed by atoms with E-state index >= 15 is 0 Å². The molecule has 1 aliphatic rings. The molecule has 7 heteroatoms. The SMILES string of the molecule is COc1cc(C2CCCO2)nc(C(=O)NCc2cccc(F)c2)c1O. The molecule has 1 aromatic heterocycles. The molecule has 1 amide bonds. The normalized spacial score (nSPS) is 16.6. The monoisotopic (exact) mass is 346 g/mol. The molecular weight excluding hydrogens is 327 g/mol. The summed E-state index contributed by atoms with van der Waals surface area (Å²) in [5.41, 5.74) is 1.01.